The Morgan fingerprint density at radius 2 is 2.15 bits per heavy atom. The molecule has 5 heteroatoms. The first-order chi connectivity index (χ1) is 9.72. The van der Waals surface area contributed by atoms with E-state index in [-0.39, 0.29) is 17.2 Å². The maximum atomic E-state index is 12.6. The van der Waals surface area contributed by atoms with Crippen LogP contribution in [0.2, 0.25) is 0 Å². The van der Waals surface area contributed by atoms with E-state index in [4.69, 9.17) is 10.8 Å². The van der Waals surface area contributed by atoms with Gasteiger partial charge in [-0.05, 0) is 42.6 Å². The van der Waals surface area contributed by atoms with Crippen LogP contribution in [-0.4, -0.2) is 22.1 Å². The highest BCUT2D eigenvalue weighted by molar-refractivity contribution is 8.04. The first-order valence-electron chi connectivity index (χ1n) is 7.76. The van der Waals surface area contributed by atoms with E-state index in [1.54, 1.807) is 0 Å². The monoisotopic (exact) mass is 293 g/mol. The third kappa shape index (κ3) is 2.42. The van der Waals surface area contributed by atoms with Crippen molar-refractivity contribution in [3.05, 3.63) is 10.5 Å². The number of allylic oxidation sites excluding steroid dienone is 1. The molecule has 3 aliphatic rings. The van der Waals surface area contributed by atoms with Gasteiger partial charge in [0.2, 0.25) is 0 Å². The summed E-state index contributed by atoms with van der Waals surface area (Å²) >= 11 is 1.82. The molecule has 0 bridgehead atoms. The van der Waals surface area contributed by atoms with Crippen molar-refractivity contribution < 1.29 is 4.79 Å². The summed E-state index contributed by atoms with van der Waals surface area (Å²) in [6.45, 7) is 2.18. The number of thioether (sulfide) groups is 1. The molecule has 0 fully saturated rings. The van der Waals surface area contributed by atoms with Gasteiger partial charge in [-0.3, -0.25) is 9.79 Å². The summed E-state index contributed by atoms with van der Waals surface area (Å²) in [4.78, 5) is 18.8. The summed E-state index contributed by atoms with van der Waals surface area (Å²) in [7, 11) is 0. The Balaban J connectivity index is 1.78. The standard InChI is InChI=1S/C15H23N3OS/c1-2-3-4-9-12-17-14-13(15(19)18(12)16)10-7-5-6-8-11(10)20-14/h13-14H,2-9,16H2,1H3. The predicted molar refractivity (Wildman–Crippen MR) is 83.0 cm³/mol. The molecule has 2 aliphatic heterocycles. The summed E-state index contributed by atoms with van der Waals surface area (Å²) in [5, 5.41) is 1.41. The first kappa shape index (κ1) is 14.1. The van der Waals surface area contributed by atoms with Crippen LogP contribution in [-0.2, 0) is 4.79 Å². The molecule has 0 saturated carbocycles. The molecule has 4 nitrogen and oxygen atoms in total. The highest BCUT2D eigenvalue weighted by Crippen LogP contribution is 2.50. The SMILES string of the molecule is CCCCCC1=NC2SC3=C(CCCC3)C2C(=O)N1N. The number of carbonyl (C=O) groups excluding carboxylic acids is 1. The van der Waals surface area contributed by atoms with Crippen molar-refractivity contribution in [1.82, 2.24) is 5.01 Å². The van der Waals surface area contributed by atoms with Crippen LogP contribution >= 0.6 is 11.8 Å². The Morgan fingerprint density at radius 1 is 1.35 bits per heavy atom. The number of amides is 1. The molecule has 2 unspecified atom stereocenters. The Bertz CT molecular complexity index is 472. The topological polar surface area (TPSA) is 58.7 Å². The third-order valence-electron chi connectivity index (χ3n) is 4.44. The summed E-state index contributed by atoms with van der Waals surface area (Å²) in [5.74, 6) is 6.78. The molecular formula is C15H23N3OS. The first-order valence-corrected chi connectivity index (χ1v) is 8.64. The van der Waals surface area contributed by atoms with Crippen LogP contribution in [0.1, 0.15) is 58.3 Å². The molecule has 2 N–H and O–H groups in total. The van der Waals surface area contributed by atoms with Gasteiger partial charge in [-0.25, -0.2) is 10.9 Å². The molecule has 0 aromatic heterocycles. The number of fused-ring (bicyclic) bond motifs is 2. The summed E-state index contributed by atoms with van der Waals surface area (Å²) in [6, 6.07) is 0. The van der Waals surface area contributed by atoms with Gasteiger partial charge in [0, 0.05) is 6.42 Å². The molecular weight excluding hydrogens is 270 g/mol. The fourth-order valence-corrected chi connectivity index (χ4v) is 4.85. The molecule has 3 rings (SSSR count). The zero-order valence-electron chi connectivity index (χ0n) is 12.1. The second-order valence-electron chi connectivity index (χ2n) is 5.85. The second-order valence-corrected chi connectivity index (χ2v) is 7.06. The van der Waals surface area contributed by atoms with Gasteiger partial charge in [-0.15, -0.1) is 11.8 Å². The van der Waals surface area contributed by atoms with E-state index in [0.717, 1.165) is 37.9 Å². The minimum Gasteiger partial charge on any atom is -0.272 e. The molecule has 1 amide bonds. The Labute approximate surface area is 124 Å². The molecule has 110 valence electrons. The van der Waals surface area contributed by atoms with Crippen molar-refractivity contribution in [3.8, 4) is 0 Å². The minimum atomic E-state index is -0.0739. The number of hydrogen-bond donors (Lipinski definition) is 1. The van der Waals surface area contributed by atoms with E-state index >= 15 is 0 Å². The van der Waals surface area contributed by atoms with Gasteiger partial charge >= 0.3 is 0 Å². The Kier molecular flexibility index (Phi) is 4.17. The second kappa shape index (κ2) is 5.90. The Morgan fingerprint density at radius 3 is 2.95 bits per heavy atom. The van der Waals surface area contributed by atoms with E-state index < -0.39 is 0 Å². The van der Waals surface area contributed by atoms with Crippen molar-refractivity contribution in [2.45, 2.75) is 63.7 Å². The molecule has 0 radical (unpaired) electrons. The largest absolute Gasteiger partial charge is 0.272 e. The highest BCUT2D eigenvalue weighted by Gasteiger charge is 2.45. The van der Waals surface area contributed by atoms with Crippen LogP contribution in [0.5, 0.6) is 0 Å². The lowest BCUT2D eigenvalue weighted by molar-refractivity contribution is -0.131. The number of carbonyl (C=O) groups is 1. The van der Waals surface area contributed by atoms with E-state index in [0.29, 0.717) is 0 Å². The highest BCUT2D eigenvalue weighted by atomic mass is 32.2. The average Bonchev–Trinajstić information content (AvgIpc) is 2.82. The molecule has 0 spiro atoms. The zero-order chi connectivity index (χ0) is 14.1. The van der Waals surface area contributed by atoms with Crippen LogP contribution in [0, 0.1) is 5.92 Å². The molecule has 0 aromatic carbocycles. The van der Waals surface area contributed by atoms with Gasteiger partial charge in [-0.1, -0.05) is 19.8 Å². The number of amidine groups is 1. The number of rotatable bonds is 4. The molecule has 2 heterocycles. The number of aliphatic imine (C=N–C) groups is 1. The van der Waals surface area contributed by atoms with Crippen LogP contribution in [0.25, 0.3) is 0 Å². The number of nitrogens with two attached hydrogens (primary N) is 1. The minimum absolute atomic E-state index is 0.0656. The van der Waals surface area contributed by atoms with Crippen molar-refractivity contribution in [1.29, 1.82) is 0 Å². The number of hydrogen-bond acceptors (Lipinski definition) is 4. The van der Waals surface area contributed by atoms with Gasteiger partial charge in [0.1, 0.15) is 11.2 Å². The molecule has 20 heavy (non-hydrogen) atoms. The van der Waals surface area contributed by atoms with Crippen molar-refractivity contribution in [2.75, 3.05) is 0 Å². The maximum absolute atomic E-state index is 12.6. The lowest BCUT2D eigenvalue weighted by Crippen LogP contribution is -2.51. The predicted octanol–water partition coefficient (Wildman–Crippen LogP) is 3.20. The van der Waals surface area contributed by atoms with Crippen molar-refractivity contribution in [2.24, 2.45) is 16.8 Å². The van der Waals surface area contributed by atoms with Crippen LogP contribution in [0.4, 0.5) is 0 Å². The van der Waals surface area contributed by atoms with Gasteiger partial charge in [-0.2, -0.15) is 0 Å². The third-order valence-corrected chi connectivity index (χ3v) is 5.81. The van der Waals surface area contributed by atoms with Crippen molar-refractivity contribution >= 4 is 23.5 Å². The van der Waals surface area contributed by atoms with Crippen LogP contribution < -0.4 is 5.84 Å². The lowest BCUT2D eigenvalue weighted by atomic mass is 9.87. The molecule has 2 atom stereocenters. The Hall–Kier alpha value is -0.810. The maximum Gasteiger partial charge on any atom is 0.252 e. The van der Waals surface area contributed by atoms with Crippen LogP contribution in [0.3, 0.4) is 0 Å². The number of unbranched alkanes of at least 4 members (excludes halogenated alkanes) is 2. The summed E-state index contributed by atoms with van der Waals surface area (Å²) < 4.78 is 0. The summed E-state index contributed by atoms with van der Waals surface area (Å²) in [6.07, 6.45) is 8.86. The van der Waals surface area contributed by atoms with Gasteiger partial charge in [0.25, 0.3) is 5.91 Å². The number of hydrazine groups is 1. The normalized spacial score (nSPS) is 29.4. The average molecular weight is 293 g/mol. The van der Waals surface area contributed by atoms with Crippen molar-refractivity contribution in [3.63, 3.8) is 0 Å². The van der Waals surface area contributed by atoms with Crippen LogP contribution in [0.15, 0.2) is 15.5 Å². The molecule has 0 aromatic rings. The molecule has 1 aliphatic carbocycles. The summed E-state index contributed by atoms with van der Waals surface area (Å²) in [5.41, 5.74) is 1.34. The molecule has 0 saturated heterocycles. The fraction of sp³-hybridized carbons (Fsp3) is 0.733. The number of nitrogens with zero attached hydrogens (tertiary/aromatic N) is 2. The smallest absolute Gasteiger partial charge is 0.252 e. The lowest BCUT2D eigenvalue weighted by Gasteiger charge is -2.31. The van der Waals surface area contributed by atoms with Gasteiger partial charge in [0.15, 0.2) is 0 Å². The van der Waals surface area contributed by atoms with E-state index in [1.165, 1.54) is 34.7 Å². The quantitative estimate of drug-likeness (QED) is 0.492. The van der Waals surface area contributed by atoms with E-state index in [1.807, 2.05) is 11.8 Å². The zero-order valence-corrected chi connectivity index (χ0v) is 12.9. The van der Waals surface area contributed by atoms with Gasteiger partial charge < -0.3 is 0 Å². The fourth-order valence-electron chi connectivity index (χ4n) is 3.33. The van der Waals surface area contributed by atoms with E-state index in [2.05, 4.69) is 6.92 Å². The van der Waals surface area contributed by atoms with Gasteiger partial charge in [0.05, 0.1) is 5.92 Å². The van der Waals surface area contributed by atoms with E-state index in [9.17, 15) is 4.79 Å².